The highest BCUT2D eigenvalue weighted by Crippen LogP contribution is 2.35. The van der Waals surface area contributed by atoms with Crippen LogP contribution in [0.4, 0.5) is 5.69 Å². The summed E-state index contributed by atoms with van der Waals surface area (Å²) in [5.74, 6) is 1.33. The van der Waals surface area contributed by atoms with Crippen LogP contribution in [0, 0.1) is 17.2 Å². The second-order valence-corrected chi connectivity index (χ2v) is 11.4. The van der Waals surface area contributed by atoms with E-state index >= 15 is 0 Å². The molecule has 194 valence electrons. The van der Waals surface area contributed by atoms with E-state index in [0.29, 0.717) is 17.9 Å². The number of benzene rings is 1. The van der Waals surface area contributed by atoms with Gasteiger partial charge in [-0.3, -0.25) is 4.79 Å². The molecular weight excluding hydrogens is 460 g/mol. The number of nitrogens with one attached hydrogen (secondary N) is 1. The lowest BCUT2D eigenvalue weighted by atomic mass is 9.75. The van der Waals surface area contributed by atoms with E-state index in [1.54, 1.807) is 0 Å². The van der Waals surface area contributed by atoms with Crippen molar-refractivity contribution in [2.75, 3.05) is 44.2 Å². The molecule has 3 fully saturated rings. The van der Waals surface area contributed by atoms with Gasteiger partial charge in [0.05, 0.1) is 11.2 Å². The third-order valence-corrected chi connectivity index (χ3v) is 8.84. The van der Waals surface area contributed by atoms with Gasteiger partial charge in [-0.05, 0) is 81.0 Å². The Hall–Kier alpha value is -3.19. The first kappa shape index (κ1) is 24.2. The molecule has 1 aliphatic carbocycles. The number of piperazine rings is 1. The average Bonchev–Trinajstić information content (AvgIpc) is 3.56. The van der Waals surface area contributed by atoms with Crippen LogP contribution in [-0.4, -0.2) is 76.8 Å². The quantitative estimate of drug-likeness (QED) is 0.508. The summed E-state index contributed by atoms with van der Waals surface area (Å²) in [6, 6.07) is 14.1. The maximum atomic E-state index is 12.8. The fraction of sp³-hybridized carbons (Fsp3) is 0.500. The Morgan fingerprint density at radius 3 is 2.46 bits per heavy atom. The Kier molecular flexibility index (Phi) is 6.49. The maximum absolute atomic E-state index is 12.8. The summed E-state index contributed by atoms with van der Waals surface area (Å²) in [5.41, 5.74) is 6.13. The summed E-state index contributed by atoms with van der Waals surface area (Å²) in [4.78, 5) is 19.8. The summed E-state index contributed by atoms with van der Waals surface area (Å²) in [7, 11) is 0. The summed E-state index contributed by atoms with van der Waals surface area (Å²) in [6.07, 6.45) is 8.42. The van der Waals surface area contributed by atoms with Crippen LogP contribution in [-0.2, 0) is 4.79 Å². The van der Waals surface area contributed by atoms with Gasteiger partial charge in [-0.25, -0.2) is 4.52 Å². The second kappa shape index (κ2) is 9.93. The van der Waals surface area contributed by atoms with Crippen molar-refractivity contribution < 1.29 is 4.79 Å². The number of hydrogen-bond donors (Lipinski definition) is 1. The molecule has 6 rings (SSSR count). The minimum absolute atomic E-state index is 0.119. The number of nitrogens with zero attached hydrogens (tertiary/aromatic N) is 5. The topological polar surface area (TPSA) is 67.9 Å². The van der Waals surface area contributed by atoms with Gasteiger partial charge in [0.15, 0.2) is 0 Å². The fourth-order valence-electron chi connectivity index (χ4n) is 6.33. The van der Waals surface area contributed by atoms with Crippen molar-refractivity contribution in [2.24, 2.45) is 11.8 Å². The van der Waals surface area contributed by atoms with Crippen molar-refractivity contribution in [3.8, 4) is 11.1 Å². The molecule has 2 aromatic heterocycles. The van der Waals surface area contributed by atoms with Crippen molar-refractivity contribution in [1.29, 1.82) is 5.41 Å². The number of likely N-dealkylation sites (tertiary alicyclic amines) is 1. The van der Waals surface area contributed by atoms with Crippen molar-refractivity contribution in [1.82, 2.24) is 19.4 Å². The molecule has 1 N–H and O–H groups in total. The van der Waals surface area contributed by atoms with Crippen molar-refractivity contribution in [2.45, 2.75) is 45.1 Å². The predicted molar refractivity (Wildman–Crippen MR) is 148 cm³/mol. The summed E-state index contributed by atoms with van der Waals surface area (Å²) in [5, 5.41) is 12.0. The number of rotatable bonds is 6. The van der Waals surface area contributed by atoms with Gasteiger partial charge in [-0.2, -0.15) is 5.10 Å². The molecule has 3 aliphatic rings. The molecule has 0 radical (unpaired) electrons. The minimum Gasteiger partial charge on any atom is -0.366 e. The largest absolute Gasteiger partial charge is 0.366 e. The number of amides is 1. The smallest absolute Gasteiger partial charge is 0.225 e. The van der Waals surface area contributed by atoms with E-state index in [1.807, 2.05) is 15.6 Å². The van der Waals surface area contributed by atoms with Crippen LogP contribution in [0.25, 0.3) is 16.6 Å². The molecule has 2 aliphatic heterocycles. The van der Waals surface area contributed by atoms with Gasteiger partial charge >= 0.3 is 0 Å². The third kappa shape index (κ3) is 4.65. The summed E-state index contributed by atoms with van der Waals surface area (Å²) < 4.78 is 1.99. The van der Waals surface area contributed by atoms with Gasteiger partial charge < -0.3 is 20.1 Å². The van der Waals surface area contributed by atoms with Crippen molar-refractivity contribution in [3.05, 3.63) is 54.4 Å². The minimum atomic E-state index is 0.119. The Labute approximate surface area is 219 Å². The van der Waals surface area contributed by atoms with Gasteiger partial charge in [0.25, 0.3) is 0 Å². The first-order valence-electron chi connectivity index (χ1n) is 13.9. The predicted octanol–water partition coefficient (Wildman–Crippen LogP) is 4.52. The fourth-order valence-corrected chi connectivity index (χ4v) is 6.33. The number of carbonyl (C=O) groups is 1. The third-order valence-electron chi connectivity index (χ3n) is 8.84. The number of fused-ring (bicyclic) bond motifs is 1. The molecular formula is C30H38N6O. The van der Waals surface area contributed by atoms with Gasteiger partial charge in [0, 0.05) is 62.6 Å². The lowest BCUT2D eigenvalue weighted by molar-refractivity contribution is -0.139. The molecule has 7 heteroatoms. The zero-order chi connectivity index (χ0) is 25.5. The Bertz CT molecular complexity index is 1270. The van der Waals surface area contributed by atoms with Crippen molar-refractivity contribution in [3.63, 3.8) is 0 Å². The Balaban J connectivity index is 1.14. The van der Waals surface area contributed by atoms with E-state index in [4.69, 9.17) is 5.41 Å². The second-order valence-electron chi connectivity index (χ2n) is 11.4. The van der Waals surface area contributed by atoms with Gasteiger partial charge in [-0.1, -0.05) is 24.3 Å². The monoisotopic (exact) mass is 498 g/mol. The first-order valence-corrected chi connectivity index (χ1v) is 13.9. The zero-order valence-corrected chi connectivity index (χ0v) is 22.0. The molecule has 3 aromatic rings. The van der Waals surface area contributed by atoms with E-state index in [0.717, 1.165) is 51.1 Å². The van der Waals surface area contributed by atoms with E-state index in [2.05, 4.69) is 71.3 Å². The van der Waals surface area contributed by atoms with Gasteiger partial charge in [0.1, 0.15) is 0 Å². The highest BCUT2D eigenvalue weighted by molar-refractivity contribution is 5.83. The van der Waals surface area contributed by atoms with Crippen LogP contribution in [0.5, 0.6) is 0 Å². The molecule has 0 bridgehead atoms. The molecule has 37 heavy (non-hydrogen) atoms. The molecule has 1 saturated carbocycles. The van der Waals surface area contributed by atoms with Gasteiger partial charge in [0.2, 0.25) is 5.91 Å². The molecule has 1 atom stereocenters. The summed E-state index contributed by atoms with van der Waals surface area (Å²) >= 11 is 0. The van der Waals surface area contributed by atoms with E-state index in [1.165, 1.54) is 41.6 Å². The van der Waals surface area contributed by atoms with E-state index < -0.39 is 0 Å². The lowest BCUT2D eigenvalue weighted by Gasteiger charge is -2.40. The maximum Gasteiger partial charge on any atom is 0.225 e. The molecule has 2 saturated heterocycles. The first-order chi connectivity index (χ1) is 18.0. The number of hydrogen-bond acceptors (Lipinski definition) is 5. The van der Waals surface area contributed by atoms with Crippen LogP contribution in [0.1, 0.15) is 44.6 Å². The molecule has 1 aromatic carbocycles. The molecule has 0 unspecified atom stereocenters. The highest BCUT2D eigenvalue weighted by atomic mass is 16.2. The highest BCUT2D eigenvalue weighted by Gasteiger charge is 2.36. The molecule has 7 nitrogen and oxygen atoms in total. The molecule has 1 amide bonds. The van der Waals surface area contributed by atoms with Crippen LogP contribution in [0.3, 0.4) is 0 Å². The van der Waals surface area contributed by atoms with Crippen LogP contribution in [0.2, 0.25) is 0 Å². The lowest BCUT2D eigenvalue weighted by Crippen LogP contribution is -2.52. The Morgan fingerprint density at radius 1 is 1.03 bits per heavy atom. The van der Waals surface area contributed by atoms with E-state index in [9.17, 15) is 4.79 Å². The van der Waals surface area contributed by atoms with E-state index in [-0.39, 0.29) is 11.8 Å². The number of anilines is 1. The zero-order valence-electron chi connectivity index (χ0n) is 22.0. The normalized spacial score (nSPS) is 24.6. The number of aromatic nitrogens is 2. The van der Waals surface area contributed by atoms with Gasteiger partial charge in [-0.15, -0.1) is 0 Å². The standard InChI is InChI=1S/C30H38N6O/c1-21(2)35-10-8-25(19-35)23-3-5-24(6-4-23)27-17-29-28(7-9-32-36(29)20-27)33-11-13-34(14-12-33)30(37)26-15-22(16-26)18-31/h3-7,9,17-18,20-22,25-26,31H,8,10-16,19H2,1-2H3/t22?,25-,26?/m0/s1. The number of carbonyl (C=O) groups excluding carboxylic acids is 1. The average molecular weight is 499 g/mol. The van der Waals surface area contributed by atoms with Crippen molar-refractivity contribution >= 4 is 23.3 Å². The molecule has 0 spiro atoms. The SMILES string of the molecule is CC(C)N1CC[C@H](c2ccc(-c3cc4c(N5CCN(C(=O)C6CC(C=N)C6)CC5)ccnn4c3)cc2)C1. The van der Waals surface area contributed by atoms with Crippen LogP contribution >= 0.6 is 0 Å². The summed E-state index contributed by atoms with van der Waals surface area (Å²) in [6.45, 7) is 10.1. The Morgan fingerprint density at radius 2 is 1.78 bits per heavy atom. The van der Waals surface area contributed by atoms with Crippen LogP contribution in [0.15, 0.2) is 48.8 Å². The van der Waals surface area contributed by atoms with Crippen LogP contribution < -0.4 is 4.90 Å². The molecule has 4 heterocycles.